The van der Waals surface area contributed by atoms with Gasteiger partial charge in [0.2, 0.25) is 0 Å². The number of benzene rings is 1. The van der Waals surface area contributed by atoms with Gasteiger partial charge in [-0.15, -0.1) is 0 Å². The van der Waals surface area contributed by atoms with Crippen LogP contribution in [0.15, 0.2) is 51.7 Å². The van der Waals surface area contributed by atoms with Crippen LogP contribution < -0.4 is 0 Å². The maximum absolute atomic E-state index is 13.9. The first-order valence-electron chi connectivity index (χ1n) is 5.23. The molecule has 0 radical (unpaired) electrons. The highest BCUT2D eigenvalue weighted by molar-refractivity contribution is 9.10. The molecule has 0 saturated carbocycles. The molecule has 0 saturated heterocycles. The molecule has 0 bridgehead atoms. The summed E-state index contributed by atoms with van der Waals surface area (Å²) in [4.78, 5) is 4.40. The summed E-state index contributed by atoms with van der Waals surface area (Å²) < 4.78 is 17.4. The quantitative estimate of drug-likeness (QED) is 0.609. The van der Waals surface area contributed by atoms with E-state index >= 15 is 0 Å². The van der Waals surface area contributed by atoms with E-state index in [9.17, 15) is 4.39 Å². The Morgan fingerprint density at radius 1 is 1.00 bits per heavy atom. The molecule has 0 aliphatic rings. The van der Waals surface area contributed by atoms with E-state index in [2.05, 4.69) is 36.8 Å². The van der Waals surface area contributed by atoms with Gasteiger partial charge in [-0.3, -0.25) is 0 Å². The predicted octanol–water partition coefficient (Wildman–Crippen LogP) is 4.67. The van der Waals surface area contributed by atoms with Crippen molar-refractivity contribution in [3.05, 3.63) is 57.5 Å². The number of aromatic nitrogens is 2. The van der Waals surface area contributed by atoms with E-state index in [4.69, 9.17) is 0 Å². The Morgan fingerprint density at radius 3 is 2.56 bits per heavy atom. The summed E-state index contributed by atoms with van der Waals surface area (Å²) in [5.74, 6) is -0.285. The summed E-state index contributed by atoms with van der Waals surface area (Å²) in [5.41, 5.74) is 1.91. The number of hydrogen-bond donors (Lipinski definition) is 0. The van der Waals surface area contributed by atoms with Gasteiger partial charge in [0, 0.05) is 26.9 Å². The van der Waals surface area contributed by atoms with Gasteiger partial charge in [0.05, 0.1) is 5.69 Å². The number of imidazole rings is 1. The minimum atomic E-state index is -0.285. The van der Waals surface area contributed by atoms with Gasteiger partial charge in [-0.2, -0.15) is 0 Å². The second-order valence-electron chi connectivity index (χ2n) is 3.86. The molecule has 0 unspecified atom stereocenters. The third kappa shape index (κ3) is 2.08. The maximum atomic E-state index is 13.9. The Bertz CT molecular complexity index is 737. The van der Waals surface area contributed by atoms with Crippen LogP contribution >= 0.6 is 31.9 Å². The molecule has 3 rings (SSSR count). The van der Waals surface area contributed by atoms with E-state index < -0.39 is 0 Å². The van der Waals surface area contributed by atoms with E-state index in [1.807, 2.05) is 28.9 Å². The lowest BCUT2D eigenvalue weighted by atomic mass is 10.1. The zero-order valence-corrected chi connectivity index (χ0v) is 12.2. The Kier molecular flexibility index (Phi) is 2.95. The Balaban J connectivity index is 2.19. The highest BCUT2D eigenvalue weighted by atomic mass is 79.9. The Morgan fingerprint density at radius 2 is 1.78 bits per heavy atom. The van der Waals surface area contributed by atoms with Crippen LogP contribution in [-0.2, 0) is 0 Å². The van der Waals surface area contributed by atoms with Crippen molar-refractivity contribution in [3.8, 4) is 11.3 Å². The van der Waals surface area contributed by atoms with Crippen molar-refractivity contribution < 1.29 is 4.39 Å². The van der Waals surface area contributed by atoms with Crippen molar-refractivity contribution in [2.45, 2.75) is 0 Å². The molecule has 0 aliphatic carbocycles. The number of halogens is 3. The molecule has 18 heavy (non-hydrogen) atoms. The largest absolute Gasteiger partial charge is 0.305 e. The van der Waals surface area contributed by atoms with Gasteiger partial charge in [-0.1, -0.05) is 15.9 Å². The van der Waals surface area contributed by atoms with Crippen molar-refractivity contribution in [1.29, 1.82) is 0 Å². The fourth-order valence-corrected chi connectivity index (χ4v) is 2.48. The summed E-state index contributed by atoms with van der Waals surface area (Å²) >= 11 is 6.63. The SMILES string of the molecule is Fc1cc(Br)ccc1-c1cn2cc(Br)ccc2n1. The van der Waals surface area contributed by atoms with Gasteiger partial charge in [-0.05, 0) is 46.3 Å². The van der Waals surface area contributed by atoms with E-state index in [-0.39, 0.29) is 5.82 Å². The van der Waals surface area contributed by atoms with Crippen LogP contribution in [0.1, 0.15) is 0 Å². The highest BCUT2D eigenvalue weighted by Crippen LogP contribution is 2.25. The second kappa shape index (κ2) is 4.48. The molecule has 2 heterocycles. The fourth-order valence-electron chi connectivity index (χ4n) is 1.79. The minimum Gasteiger partial charge on any atom is -0.305 e. The first-order chi connectivity index (χ1) is 8.63. The lowest BCUT2D eigenvalue weighted by Crippen LogP contribution is -1.83. The molecule has 0 amide bonds. The van der Waals surface area contributed by atoms with Crippen LogP contribution in [0.5, 0.6) is 0 Å². The molecule has 2 nitrogen and oxygen atoms in total. The van der Waals surface area contributed by atoms with Crippen molar-refractivity contribution >= 4 is 37.5 Å². The number of rotatable bonds is 1. The van der Waals surface area contributed by atoms with Crippen molar-refractivity contribution in [1.82, 2.24) is 9.38 Å². The molecule has 0 atom stereocenters. The topological polar surface area (TPSA) is 17.3 Å². The van der Waals surface area contributed by atoms with Gasteiger partial charge in [0.15, 0.2) is 0 Å². The van der Waals surface area contributed by atoms with Gasteiger partial charge in [-0.25, -0.2) is 9.37 Å². The van der Waals surface area contributed by atoms with Gasteiger partial charge >= 0.3 is 0 Å². The molecule has 5 heteroatoms. The zero-order chi connectivity index (χ0) is 12.7. The van der Waals surface area contributed by atoms with Gasteiger partial charge in [0.1, 0.15) is 11.5 Å². The summed E-state index contributed by atoms with van der Waals surface area (Å²) in [6.45, 7) is 0. The average molecular weight is 370 g/mol. The van der Waals surface area contributed by atoms with Crippen LogP contribution in [0, 0.1) is 5.82 Å². The fraction of sp³-hybridized carbons (Fsp3) is 0. The second-order valence-corrected chi connectivity index (χ2v) is 5.69. The third-order valence-electron chi connectivity index (χ3n) is 2.62. The average Bonchev–Trinajstić information content (AvgIpc) is 2.71. The molecular weight excluding hydrogens is 363 g/mol. The summed E-state index contributed by atoms with van der Waals surface area (Å²) in [7, 11) is 0. The molecule has 0 spiro atoms. The van der Waals surface area contributed by atoms with Gasteiger partial charge < -0.3 is 4.40 Å². The van der Waals surface area contributed by atoms with E-state index in [1.165, 1.54) is 6.07 Å². The van der Waals surface area contributed by atoms with Crippen molar-refractivity contribution in [3.63, 3.8) is 0 Å². The van der Waals surface area contributed by atoms with Gasteiger partial charge in [0.25, 0.3) is 0 Å². The van der Waals surface area contributed by atoms with Crippen LogP contribution in [0.4, 0.5) is 4.39 Å². The molecule has 0 aliphatic heterocycles. The molecule has 0 fully saturated rings. The molecule has 3 aromatic rings. The molecule has 90 valence electrons. The molecular formula is C13H7Br2FN2. The van der Waals surface area contributed by atoms with Crippen LogP contribution in [-0.4, -0.2) is 9.38 Å². The van der Waals surface area contributed by atoms with E-state index in [0.717, 1.165) is 14.6 Å². The number of pyridine rings is 1. The summed E-state index contributed by atoms with van der Waals surface area (Å²) in [6, 6.07) is 8.75. The molecule has 0 N–H and O–H groups in total. The van der Waals surface area contributed by atoms with Crippen molar-refractivity contribution in [2.75, 3.05) is 0 Å². The molecule has 2 aromatic heterocycles. The normalized spacial score (nSPS) is 11.1. The molecule has 1 aromatic carbocycles. The minimum absolute atomic E-state index is 0.285. The summed E-state index contributed by atoms with van der Waals surface area (Å²) in [5, 5.41) is 0. The smallest absolute Gasteiger partial charge is 0.137 e. The zero-order valence-electron chi connectivity index (χ0n) is 9.07. The number of nitrogens with zero attached hydrogens (tertiary/aromatic N) is 2. The first kappa shape index (κ1) is 11.9. The maximum Gasteiger partial charge on any atom is 0.137 e. The number of hydrogen-bond acceptors (Lipinski definition) is 1. The summed E-state index contributed by atoms with van der Waals surface area (Å²) in [6.07, 6.45) is 3.70. The highest BCUT2D eigenvalue weighted by Gasteiger charge is 2.09. The van der Waals surface area contributed by atoms with Crippen LogP contribution in [0.2, 0.25) is 0 Å². The standard InChI is InChI=1S/C13H7Br2FN2/c14-8-1-3-10(11(16)5-8)12-7-18-6-9(15)2-4-13(18)17-12/h1-7H. The predicted molar refractivity (Wildman–Crippen MR) is 76.0 cm³/mol. The Hall–Kier alpha value is -1.20. The van der Waals surface area contributed by atoms with Crippen LogP contribution in [0.3, 0.4) is 0 Å². The first-order valence-corrected chi connectivity index (χ1v) is 6.82. The lowest BCUT2D eigenvalue weighted by molar-refractivity contribution is 0.630. The third-order valence-corrected chi connectivity index (χ3v) is 3.58. The van der Waals surface area contributed by atoms with E-state index in [0.29, 0.717) is 11.3 Å². The monoisotopic (exact) mass is 368 g/mol. The lowest BCUT2D eigenvalue weighted by Gasteiger charge is -1.98. The van der Waals surface area contributed by atoms with Crippen molar-refractivity contribution in [2.24, 2.45) is 0 Å². The van der Waals surface area contributed by atoms with Crippen LogP contribution in [0.25, 0.3) is 16.9 Å². The Labute approximate surface area is 120 Å². The van der Waals surface area contributed by atoms with E-state index in [1.54, 1.807) is 12.1 Å². The number of fused-ring (bicyclic) bond motifs is 1.